The number of carbonyl (C=O) groups is 1. The molecule has 170 valence electrons. The number of rotatable bonds is 5. The Morgan fingerprint density at radius 2 is 2.06 bits per heavy atom. The molecule has 1 amide bonds. The van der Waals surface area contributed by atoms with Gasteiger partial charge in [-0.2, -0.15) is 0 Å². The average molecular weight is 487 g/mol. The van der Waals surface area contributed by atoms with E-state index in [2.05, 4.69) is 25.9 Å². The number of nitrogens with two attached hydrogens (primary N) is 1. The molecule has 0 saturated carbocycles. The van der Waals surface area contributed by atoms with Crippen LogP contribution in [0.2, 0.25) is 10.0 Å². The molecule has 1 aromatic carbocycles. The number of nitrogens with zero attached hydrogens (tertiary/aromatic N) is 5. The number of aryl methyl sites for hydroxylation is 1. The maximum absolute atomic E-state index is 13.3. The lowest BCUT2D eigenvalue weighted by Gasteiger charge is -2.14. The number of aromatic nitrogens is 5. The van der Waals surface area contributed by atoms with Crippen molar-refractivity contribution in [2.45, 2.75) is 25.9 Å². The van der Waals surface area contributed by atoms with E-state index in [0.717, 1.165) is 19.5 Å². The highest BCUT2D eigenvalue weighted by Crippen LogP contribution is 2.35. The SMILES string of the molecule is CCn1c(-c2nonc2N)nc2c(-c3cc(Cl)cc(Cl)c3)ncc(C(=O)NC3CCNC3)c21. The number of hydrogen-bond donors (Lipinski definition) is 3. The van der Waals surface area contributed by atoms with Crippen LogP contribution in [0.4, 0.5) is 5.82 Å². The van der Waals surface area contributed by atoms with Crippen LogP contribution < -0.4 is 16.4 Å². The molecule has 1 aliphatic heterocycles. The summed E-state index contributed by atoms with van der Waals surface area (Å²) < 4.78 is 6.64. The van der Waals surface area contributed by atoms with Crippen molar-refractivity contribution in [2.24, 2.45) is 0 Å². The van der Waals surface area contributed by atoms with E-state index in [-0.39, 0.29) is 23.5 Å². The van der Waals surface area contributed by atoms with Gasteiger partial charge in [-0.3, -0.25) is 9.78 Å². The van der Waals surface area contributed by atoms with E-state index in [1.54, 1.807) is 24.4 Å². The number of fused-ring (bicyclic) bond motifs is 1. The molecule has 1 aliphatic rings. The van der Waals surface area contributed by atoms with Crippen LogP contribution in [0.25, 0.3) is 33.8 Å². The van der Waals surface area contributed by atoms with Crippen LogP contribution in [-0.4, -0.2) is 49.9 Å². The molecule has 0 radical (unpaired) electrons. The van der Waals surface area contributed by atoms with Gasteiger partial charge in [-0.15, -0.1) is 0 Å². The number of halogens is 2. The van der Waals surface area contributed by atoms with Gasteiger partial charge in [-0.05, 0) is 48.4 Å². The van der Waals surface area contributed by atoms with Gasteiger partial charge in [0.2, 0.25) is 0 Å². The first kappa shape index (κ1) is 21.6. The summed E-state index contributed by atoms with van der Waals surface area (Å²) in [4.78, 5) is 22.6. The van der Waals surface area contributed by atoms with Gasteiger partial charge in [0.05, 0.1) is 16.8 Å². The van der Waals surface area contributed by atoms with Gasteiger partial charge >= 0.3 is 0 Å². The molecule has 12 heteroatoms. The fourth-order valence-electron chi connectivity index (χ4n) is 4.09. The lowest BCUT2D eigenvalue weighted by Crippen LogP contribution is -2.36. The minimum Gasteiger partial charge on any atom is -0.379 e. The molecule has 1 saturated heterocycles. The number of nitrogens with one attached hydrogen (secondary N) is 2. The van der Waals surface area contributed by atoms with Crippen molar-refractivity contribution in [3.8, 4) is 22.8 Å². The van der Waals surface area contributed by atoms with Gasteiger partial charge in [-0.1, -0.05) is 23.2 Å². The number of nitrogen functional groups attached to an aromatic ring is 1. The predicted molar refractivity (Wildman–Crippen MR) is 125 cm³/mol. The highest BCUT2D eigenvalue weighted by molar-refractivity contribution is 6.35. The van der Waals surface area contributed by atoms with E-state index in [0.29, 0.717) is 50.3 Å². The van der Waals surface area contributed by atoms with E-state index >= 15 is 0 Å². The lowest BCUT2D eigenvalue weighted by molar-refractivity contribution is 0.0941. The molecule has 0 aliphatic carbocycles. The van der Waals surface area contributed by atoms with Gasteiger partial charge in [-0.25, -0.2) is 9.61 Å². The third-order valence-electron chi connectivity index (χ3n) is 5.59. The Labute approximate surface area is 198 Å². The Morgan fingerprint density at radius 3 is 2.70 bits per heavy atom. The summed E-state index contributed by atoms with van der Waals surface area (Å²) in [5.41, 5.74) is 8.92. The molecule has 33 heavy (non-hydrogen) atoms. The monoisotopic (exact) mass is 486 g/mol. The molecule has 0 bridgehead atoms. The maximum Gasteiger partial charge on any atom is 0.255 e. The normalized spacial score (nSPS) is 15.9. The summed E-state index contributed by atoms with van der Waals surface area (Å²) in [7, 11) is 0. The first-order valence-corrected chi connectivity index (χ1v) is 11.2. The quantitative estimate of drug-likeness (QED) is 0.391. The molecule has 3 aromatic heterocycles. The lowest BCUT2D eigenvalue weighted by atomic mass is 10.1. The highest BCUT2D eigenvalue weighted by Gasteiger charge is 2.27. The fraction of sp³-hybridized carbons (Fsp3) is 0.286. The molecule has 0 spiro atoms. The Morgan fingerprint density at radius 1 is 1.27 bits per heavy atom. The summed E-state index contributed by atoms with van der Waals surface area (Å²) in [6.07, 6.45) is 2.41. The molecular formula is C21H20Cl2N8O2. The number of carbonyl (C=O) groups excluding carboxylic acids is 1. The van der Waals surface area contributed by atoms with E-state index in [1.165, 1.54) is 0 Å². The van der Waals surface area contributed by atoms with Crippen LogP contribution in [-0.2, 0) is 6.54 Å². The summed E-state index contributed by atoms with van der Waals surface area (Å²) in [5.74, 6) is 0.290. The first-order valence-electron chi connectivity index (χ1n) is 10.4. The van der Waals surface area contributed by atoms with Gasteiger partial charge in [0.25, 0.3) is 5.91 Å². The Bertz CT molecular complexity index is 1340. The standard InChI is InChI=1S/C21H20Cl2N8O2/c1-2-31-18-14(21(32)27-13-3-4-25-8-13)9-26-15(10-5-11(22)7-12(23)6-10)16(18)28-20(31)17-19(24)30-33-29-17/h5-7,9,13,25H,2-4,8H2,1H3,(H2,24,30)(H,27,32). The number of pyridine rings is 1. The molecule has 1 atom stereocenters. The third-order valence-corrected chi connectivity index (χ3v) is 6.02. The van der Waals surface area contributed by atoms with Crippen LogP contribution >= 0.6 is 23.2 Å². The second kappa shape index (κ2) is 8.62. The summed E-state index contributed by atoms with van der Waals surface area (Å²) in [6.45, 7) is 4.01. The van der Waals surface area contributed by atoms with Gasteiger partial charge < -0.3 is 20.9 Å². The molecule has 4 aromatic rings. The molecule has 10 nitrogen and oxygen atoms in total. The Kier molecular flexibility index (Phi) is 5.65. The van der Waals surface area contributed by atoms with Gasteiger partial charge in [0.1, 0.15) is 5.52 Å². The second-order valence-electron chi connectivity index (χ2n) is 7.72. The number of anilines is 1. The second-order valence-corrected chi connectivity index (χ2v) is 8.59. The van der Waals surface area contributed by atoms with E-state index in [1.807, 2.05) is 11.5 Å². The molecule has 5 rings (SSSR count). The zero-order valence-corrected chi connectivity index (χ0v) is 19.1. The topological polar surface area (TPSA) is 137 Å². The number of amides is 1. The van der Waals surface area contributed by atoms with Crippen LogP contribution in [0, 0.1) is 0 Å². The third kappa shape index (κ3) is 3.90. The van der Waals surface area contributed by atoms with E-state index < -0.39 is 0 Å². The van der Waals surface area contributed by atoms with Crippen molar-refractivity contribution in [1.82, 2.24) is 35.5 Å². The van der Waals surface area contributed by atoms with Gasteiger partial charge in [0, 0.05) is 40.9 Å². The number of benzene rings is 1. The Balaban J connectivity index is 1.75. The van der Waals surface area contributed by atoms with Crippen LogP contribution in [0.1, 0.15) is 23.7 Å². The van der Waals surface area contributed by atoms with Crippen LogP contribution in [0.3, 0.4) is 0 Å². The number of imidazole rings is 1. The van der Waals surface area contributed by atoms with Gasteiger partial charge in [0.15, 0.2) is 17.3 Å². The summed E-state index contributed by atoms with van der Waals surface area (Å²) >= 11 is 12.5. The van der Waals surface area contributed by atoms with Crippen molar-refractivity contribution in [3.05, 3.63) is 40.0 Å². The van der Waals surface area contributed by atoms with Crippen molar-refractivity contribution in [3.63, 3.8) is 0 Å². The largest absolute Gasteiger partial charge is 0.379 e. The van der Waals surface area contributed by atoms with E-state index in [4.69, 9.17) is 38.5 Å². The van der Waals surface area contributed by atoms with Crippen molar-refractivity contribution < 1.29 is 9.42 Å². The van der Waals surface area contributed by atoms with Crippen LogP contribution in [0.15, 0.2) is 29.0 Å². The minimum absolute atomic E-state index is 0.0480. The fourth-order valence-corrected chi connectivity index (χ4v) is 4.62. The minimum atomic E-state index is -0.232. The van der Waals surface area contributed by atoms with Crippen molar-refractivity contribution >= 4 is 46.0 Å². The number of hydrogen-bond acceptors (Lipinski definition) is 8. The Hall–Kier alpha value is -3.21. The smallest absolute Gasteiger partial charge is 0.255 e. The average Bonchev–Trinajstić information content (AvgIpc) is 3.51. The highest BCUT2D eigenvalue weighted by atomic mass is 35.5. The molecule has 4 heterocycles. The van der Waals surface area contributed by atoms with Crippen molar-refractivity contribution in [1.29, 1.82) is 0 Å². The maximum atomic E-state index is 13.3. The summed E-state index contributed by atoms with van der Waals surface area (Å²) in [6, 6.07) is 5.18. The zero-order valence-electron chi connectivity index (χ0n) is 17.6. The van der Waals surface area contributed by atoms with E-state index in [9.17, 15) is 4.79 Å². The predicted octanol–water partition coefficient (Wildman–Crippen LogP) is 3.15. The first-order chi connectivity index (χ1) is 16.0. The molecule has 1 fully saturated rings. The summed E-state index contributed by atoms with van der Waals surface area (Å²) in [5, 5.41) is 14.8. The zero-order chi connectivity index (χ0) is 23.1. The van der Waals surface area contributed by atoms with Crippen LogP contribution in [0.5, 0.6) is 0 Å². The van der Waals surface area contributed by atoms with Crippen molar-refractivity contribution in [2.75, 3.05) is 18.8 Å². The molecule has 4 N–H and O–H groups in total. The molecule has 1 unspecified atom stereocenters. The molecular weight excluding hydrogens is 467 g/mol.